The van der Waals surface area contributed by atoms with Crippen molar-refractivity contribution in [1.29, 1.82) is 0 Å². The van der Waals surface area contributed by atoms with E-state index in [1.165, 1.54) is 0 Å². The lowest BCUT2D eigenvalue weighted by atomic mass is 10.7. The van der Waals surface area contributed by atoms with Crippen LogP contribution in [0.15, 0.2) is 0 Å². The quantitative estimate of drug-likeness (QED) is 0.296. The topological polar surface area (TPSA) is 86.6 Å². The molecule has 5 heteroatoms. The molecule has 0 aromatic rings. The number of aliphatic carboxylic acids is 2. The number of carboxylic acids is 2. The van der Waals surface area contributed by atoms with Gasteiger partial charge in [-0.15, -0.1) is 0 Å². The summed E-state index contributed by atoms with van der Waals surface area (Å²) >= 11 is 0. The Labute approximate surface area is 62.0 Å². The average Bonchev–Trinajstić information content (AvgIpc) is 1.85. The molecule has 0 aliphatic carbocycles. The van der Waals surface area contributed by atoms with Gasteiger partial charge in [0.05, 0.1) is 0 Å². The third-order valence-corrected chi connectivity index (χ3v) is 0.464. The zero-order valence-corrected chi connectivity index (χ0v) is 5.21. The minimum atomic E-state index is -1.31. The molecular formula is C6H3NO4. The van der Waals surface area contributed by atoms with E-state index in [1.807, 2.05) is 17.4 Å². The highest BCUT2D eigenvalue weighted by molar-refractivity contribution is 5.87. The second kappa shape index (κ2) is 4.71. The lowest BCUT2D eigenvalue weighted by Gasteiger charge is -1.74. The Morgan fingerprint density at radius 2 is 1.36 bits per heavy atom. The van der Waals surface area contributed by atoms with Crippen LogP contribution in [-0.2, 0) is 9.59 Å². The Hall–Kier alpha value is -2.14. The summed E-state index contributed by atoms with van der Waals surface area (Å²) < 4.78 is 0. The normalized spacial score (nSPS) is 6.18. The molecule has 0 rings (SSSR count). The predicted molar refractivity (Wildman–Crippen MR) is 34.0 cm³/mol. The van der Waals surface area contributed by atoms with Crippen LogP contribution in [0, 0.1) is 23.9 Å². The first-order chi connectivity index (χ1) is 5.13. The fraction of sp³-hybridized carbons (Fsp3) is 0. The lowest BCUT2D eigenvalue weighted by Crippen LogP contribution is -1.98. The van der Waals surface area contributed by atoms with Gasteiger partial charge in [-0.3, -0.25) is 5.32 Å². The van der Waals surface area contributed by atoms with Crippen molar-refractivity contribution in [3.8, 4) is 23.9 Å². The van der Waals surface area contributed by atoms with Crippen molar-refractivity contribution in [3.05, 3.63) is 0 Å². The molecule has 0 fully saturated rings. The molecule has 3 N–H and O–H groups in total. The Kier molecular flexibility index (Phi) is 3.80. The van der Waals surface area contributed by atoms with E-state index in [1.54, 1.807) is 11.8 Å². The Bertz CT molecular complexity index is 255. The monoisotopic (exact) mass is 153 g/mol. The van der Waals surface area contributed by atoms with Gasteiger partial charge in [-0.2, -0.15) is 0 Å². The maximum Gasteiger partial charge on any atom is 0.383 e. The molecule has 0 saturated carbocycles. The largest absolute Gasteiger partial charge is 0.472 e. The van der Waals surface area contributed by atoms with Crippen molar-refractivity contribution in [3.63, 3.8) is 0 Å². The van der Waals surface area contributed by atoms with Crippen molar-refractivity contribution in [2.45, 2.75) is 0 Å². The van der Waals surface area contributed by atoms with Gasteiger partial charge >= 0.3 is 11.9 Å². The van der Waals surface area contributed by atoms with Crippen LogP contribution in [0.5, 0.6) is 0 Å². The first-order valence-corrected chi connectivity index (χ1v) is 2.36. The standard InChI is InChI=1S/C6H3NO4/c8-5(9)1-3-7-4-2-6(10)11/h7H,(H,8,9)(H,10,11). The highest BCUT2D eigenvalue weighted by Gasteiger charge is 1.81. The number of nitrogens with one attached hydrogen (secondary N) is 1. The van der Waals surface area contributed by atoms with Crippen LogP contribution >= 0.6 is 0 Å². The van der Waals surface area contributed by atoms with Gasteiger partial charge in [0.1, 0.15) is 0 Å². The first-order valence-electron chi connectivity index (χ1n) is 2.36. The molecule has 0 heterocycles. The lowest BCUT2D eigenvalue weighted by molar-refractivity contribution is -0.131. The molecule has 56 valence electrons. The van der Waals surface area contributed by atoms with Gasteiger partial charge in [0.15, 0.2) is 0 Å². The predicted octanol–water partition coefficient (Wildman–Crippen LogP) is -1.33. The third kappa shape index (κ3) is 7.86. The molecule has 0 aliphatic heterocycles. The summed E-state index contributed by atoms with van der Waals surface area (Å²) in [6.45, 7) is 0. The highest BCUT2D eigenvalue weighted by atomic mass is 16.4. The molecular weight excluding hydrogens is 150 g/mol. The van der Waals surface area contributed by atoms with Crippen molar-refractivity contribution in [2.24, 2.45) is 0 Å². The van der Waals surface area contributed by atoms with Gasteiger partial charge in [-0.05, 0) is 0 Å². The minimum absolute atomic E-state index is 1.31. The van der Waals surface area contributed by atoms with Gasteiger partial charge in [-0.25, -0.2) is 9.59 Å². The summed E-state index contributed by atoms with van der Waals surface area (Å²) in [6.07, 6.45) is 0. The Balaban J connectivity index is 3.79. The van der Waals surface area contributed by atoms with Crippen LogP contribution in [0.25, 0.3) is 0 Å². The van der Waals surface area contributed by atoms with E-state index in [9.17, 15) is 9.59 Å². The summed E-state index contributed by atoms with van der Waals surface area (Å²) in [5.41, 5.74) is 0. The highest BCUT2D eigenvalue weighted by Crippen LogP contribution is 1.55. The molecule has 0 saturated heterocycles. The summed E-state index contributed by atoms with van der Waals surface area (Å²) in [7, 11) is 0. The minimum Gasteiger partial charge on any atom is -0.472 e. The van der Waals surface area contributed by atoms with Gasteiger partial charge < -0.3 is 10.2 Å². The first kappa shape index (κ1) is 8.86. The molecule has 0 aromatic carbocycles. The van der Waals surface area contributed by atoms with E-state index in [4.69, 9.17) is 10.2 Å². The van der Waals surface area contributed by atoms with Crippen LogP contribution in [0.1, 0.15) is 0 Å². The zero-order chi connectivity index (χ0) is 8.69. The van der Waals surface area contributed by atoms with Gasteiger partial charge in [-0.1, -0.05) is 0 Å². The zero-order valence-electron chi connectivity index (χ0n) is 5.21. The molecule has 11 heavy (non-hydrogen) atoms. The second-order valence-corrected chi connectivity index (χ2v) is 1.24. The van der Waals surface area contributed by atoms with Crippen LogP contribution in [0.3, 0.4) is 0 Å². The molecule has 0 spiro atoms. The molecule has 5 nitrogen and oxygen atoms in total. The van der Waals surface area contributed by atoms with E-state index >= 15 is 0 Å². The third-order valence-electron chi connectivity index (χ3n) is 0.464. The maximum absolute atomic E-state index is 9.72. The van der Waals surface area contributed by atoms with Gasteiger partial charge in [0.25, 0.3) is 0 Å². The molecule has 0 unspecified atom stereocenters. The van der Waals surface area contributed by atoms with Gasteiger partial charge in [0, 0.05) is 23.9 Å². The van der Waals surface area contributed by atoms with Crippen LogP contribution < -0.4 is 5.32 Å². The smallest absolute Gasteiger partial charge is 0.383 e. The Morgan fingerprint density at radius 3 is 1.64 bits per heavy atom. The van der Waals surface area contributed by atoms with Crippen LogP contribution in [0.2, 0.25) is 0 Å². The molecule has 0 radical (unpaired) electrons. The maximum atomic E-state index is 9.72. The molecule has 0 aromatic heterocycles. The Morgan fingerprint density at radius 1 is 1.00 bits per heavy atom. The second-order valence-electron chi connectivity index (χ2n) is 1.24. The number of hydrogen-bond donors (Lipinski definition) is 3. The molecule has 0 atom stereocenters. The number of carbonyl (C=O) groups is 2. The number of carboxylic acid groups (broad SMARTS) is 2. The number of rotatable bonds is 0. The summed E-state index contributed by atoms with van der Waals surface area (Å²) in [5.74, 6) is 0.738. The van der Waals surface area contributed by atoms with Gasteiger partial charge in [0.2, 0.25) is 0 Å². The van der Waals surface area contributed by atoms with E-state index < -0.39 is 11.9 Å². The summed E-state index contributed by atoms with van der Waals surface area (Å²) in [6, 6.07) is 3.81. The molecule has 0 bridgehead atoms. The van der Waals surface area contributed by atoms with Crippen molar-refractivity contribution in [1.82, 2.24) is 5.32 Å². The SMILES string of the molecule is O=C(O)C#CNC#CC(=O)O. The molecule has 0 aliphatic rings. The van der Waals surface area contributed by atoms with Crippen LogP contribution in [0.4, 0.5) is 0 Å². The average molecular weight is 153 g/mol. The van der Waals surface area contributed by atoms with Crippen molar-refractivity contribution >= 4 is 11.9 Å². The van der Waals surface area contributed by atoms with E-state index in [0.717, 1.165) is 0 Å². The number of hydrogen-bond acceptors (Lipinski definition) is 3. The van der Waals surface area contributed by atoms with E-state index in [2.05, 4.69) is 0 Å². The van der Waals surface area contributed by atoms with E-state index in [-0.39, 0.29) is 0 Å². The molecule has 0 amide bonds. The van der Waals surface area contributed by atoms with Crippen molar-refractivity contribution in [2.75, 3.05) is 0 Å². The van der Waals surface area contributed by atoms with Crippen LogP contribution in [-0.4, -0.2) is 22.2 Å². The fourth-order valence-electron chi connectivity index (χ4n) is 0.201. The fourth-order valence-corrected chi connectivity index (χ4v) is 0.201. The summed E-state index contributed by atoms with van der Waals surface area (Å²) in [5, 5.41) is 17.9. The summed E-state index contributed by atoms with van der Waals surface area (Å²) in [4.78, 5) is 19.4. The van der Waals surface area contributed by atoms with E-state index in [0.29, 0.717) is 0 Å². The van der Waals surface area contributed by atoms with Crippen molar-refractivity contribution < 1.29 is 19.8 Å².